The van der Waals surface area contributed by atoms with E-state index in [1.165, 1.54) is 0 Å². The number of rotatable bonds is 5. The predicted octanol–water partition coefficient (Wildman–Crippen LogP) is 3.59. The second kappa shape index (κ2) is 5.78. The molecule has 0 radical (unpaired) electrons. The number of hydrogen-bond donors (Lipinski definition) is 1. The third-order valence-electron chi connectivity index (χ3n) is 3.34. The van der Waals surface area contributed by atoms with Crippen molar-refractivity contribution in [2.45, 2.75) is 64.3 Å². The van der Waals surface area contributed by atoms with Gasteiger partial charge in [-0.3, -0.25) is 0 Å². The first-order valence-corrected chi connectivity index (χ1v) is 6.20. The van der Waals surface area contributed by atoms with Gasteiger partial charge in [-0.15, -0.1) is 0 Å². The van der Waals surface area contributed by atoms with Crippen LogP contribution < -0.4 is 5.32 Å². The van der Waals surface area contributed by atoms with Crippen LogP contribution in [0.25, 0.3) is 0 Å². The molecule has 90 valence electrons. The van der Waals surface area contributed by atoms with Gasteiger partial charge in [0.25, 0.3) is 0 Å². The summed E-state index contributed by atoms with van der Waals surface area (Å²) in [5.74, 6) is -2.24. The van der Waals surface area contributed by atoms with E-state index in [1.54, 1.807) is 0 Å². The van der Waals surface area contributed by atoms with Crippen LogP contribution in [0.3, 0.4) is 0 Å². The molecule has 0 spiro atoms. The van der Waals surface area contributed by atoms with E-state index in [4.69, 9.17) is 0 Å². The van der Waals surface area contributed by atoms with Crippen molar-refractivity contribution in [3.8, 4) is 0 Å². The second-order valence-electron chi connectivity index (χ2n) is 4.68. The largest absolute Gasteiger partial charge is 0.314 e. The zero-order valence-electron chi connectivity index (χ0n) is 9.86. The lowest BCUT2D eigenvalue weighted by Crippen LogP contribution is -2.41. The summed E-state index contributed by atoms with van der Waals surface area (Å²) in [6.07, 6.45) is 3.85. The predicted molar refractivity (Wildman–Crippen MR) is 59.3 cm³/mol. The van der Waals surface area contributed by atoms with Gasteiger partial charge in [0.05, 0.1) is 0 Å². The van der Waals surface area contributed by atoms with Gasteiger partial charge in [-0.25, -0.2) is 8.78 Å². The lowest BCUT2D eigenvalue weighted by molar-refractivity contribution is -0.0582. The van der Waals surface area contributed by atoms with Crippen molar-refractivity contribution >= 4 is 0 Å². The van der Waals surface area contributed by atoms with E-state index in [9.17, 15) is 8.78 Å². The van der Waals surface area contributed by atoms with E-state index in [2.05, 4.69) is 19.2 Å². The maximum absolute atomic E-state index is 13.2. The Hall–Kier alpha value is -0.180. The lowest BCUT2D eigenvalue weighted by atomic mass is 9.81. The molecular formula is C12H23F2N. The summed E-state index contributed by atoms with van der Waals surface area (Å²) >= 11 is 0. The SMILES string of the molecule is CCCN[C@@H](CC)C1CCCC(F)(F)C1. The van der Waals surface area contributed by atoms with E-state index in [-0.39, 0.29) is 24.8 Å². The molecule has 0 aromatic heterocycles. The Morgan fingerprint density at radius 1 is 1.40 bits per heavy atom. The van der Waals surface area contributed by atoms with Gasteiger partial charge >= 0.3 is 0 Å². The van der Waals surface area contributed by atoms with E-state index < -0.39 is 5.92 Å². The first-order valence-electron chi connectivity index (χ1n) is 6.20. The fraction of sp³-hybridized carbons (Fsp3) is 1.00. The quantitative estimate of drug-likeness (QED) is 0.745. The molecule has 1 saturated carbocycles. The van der Waals surface area contributed by atoms with Gasteiger partial charge in [0.15, 0.2) is 0 Å². The van der Waals surface area contributed by atoms with Gasteiger partial charge < -0.3 is 5.32 Å². The summed E-state index contributed by atoms with van der Waals surface area (Å²) in [5, 5.41) is 3.39. The lowest BCUT2D eigenvalue weighted by Gasteiger charge is -2.34. The molecule has 1 fully saturated rings. The van der Waals surface area contributed by atoms with E-state index >= 15 is 0 Å². The van der Waals surface area contributed by atoms with Crippen molar-refractivity contribution < 1.29 is 8.78 Å². The van der Waals surface area contributed by atoms with Crippen LogP contribution in [0.2, 0.25) is 0 Å². The summed E-state index contributed by atoms with van der Waals surface area (Å²) in [5.41, 5.74) is 0. The number of hydrogen-bond acceptors (Lipinski definition) is 1. The van der Waals surface area contributed by atoms with Crippen LogP contribution in [0.15, 0.2) is 0 Å². The van der Waals surface area contributed by atoms with E-state index in [0.29, 0.717) is 6.42 Å². The summed E-state index contributed by atoms with van der Waals surface area (Å²) in [6, 6.07) is 0.288. The Labute approximate surface area is 91.6 Å². The first kappa shape index (κ1) is 12.9. The average molecular weight is 219 g/mol. The van der Waals surface area contributed by atoms with Crippen molar-refractivity contribution in [1.82, 2.24) is 5.32 Å². The molecule has 1 unspecified atom stereocenters. The van der Waals surface area contributed by atoms with Crippen molar-refractivity contribution in [3.63, 3.8) is 0 Å². The Balaban J connectivity index is 2.44. The zero-order valence-corrected chi connectivity index (χ0v) is 9.86. The number of halogens is 2. The monoisotopic (exact) mass is 219 g/mol. The van der Waals surface area contributed by atoms with Crippen molar-refractivity contribution in [2.75, 3.05) is 6.54 Å². The van der Waals surface area contributed by atoms with Crippen LogP contribution in [0.4, 0.5) is 8.78 Å². The summed E-state index contributed by atoms with van der Waals surface area (Å²) in [7, 11) is 0. The third-order valence-corrected chi connectivity index (χ3v) is 3.34. The molecule has 15 heavy (non-hydrogen) atoms. The van der Waals surface area contributed by atoms with Crippen molar-refractivity contribution in [1.29, 1.82) is 0 Å². The minimum atomic E-state index is -2.41. The standard InChI is InChI=1S/C12H23F2N/c1-3-8-15-11(4-2)10-6-5-7-12(13,14)9-10/h10-11,15H,3-9H2,1-2H3/t10?,11-/m0/s1. The minimum Gasteiger partial charge on any atom is -0.314 e. The van der Waals surface area contributed by atoms with E-state index in [0.717, 1.165) is 25.8 Å². The van der Waals surface area contributed by atoms with Crippen LogP contribution in [0.5, 0.6) is 0 Å². The summed E-state index contributed by atoms with van der Waals surface area (Å²) in [6.45, 7) is 5.13. The maximum atomic E-state index is 13.2. The number of nitrogens with one attached hydrogen (secondary N) is 1. The summed E-state index contributed by atoms with van der Waals surface area (Å²) < 4.78 is 26.5. The Morgan fingerprint density at radius 2 is 2.13 bits per heavy atom. The van der Waals surface area contributed by atoms with Gasteiger partial charge in [0, 0.05) is 18.9 Å². The molecule has 0 aromatic carbocycles. The van der Waals surface area contributed by atoms with Crippen LogP contribution in [0.1, 0.15) is 52.4 Å². The smallest absolute Gasteiger partial charge is 0.248 e. The van der Waals surface area contributed by atoms with Gasteiger partial charge in [-0.2, -0.15) is 0 Å². The van der Waals surface area contributed by atoms with Crippen LogP contribution >= 0.6 is 0 Å². The molecule has 0 aromatic rings. The molecule has 3 heteroatoms. The zero-order chi connectivity index (χ0) is 11.3. The molecule has 0 aliphatic heterocycles. The third kappa shape index (κ3) is 4.06. The normalized spacial score (nSPS) is 27.6. The Bertz CT molecular complexity index is 182. The Morgan fingerprint density at radius 3 is 2.67 bits per heavy atom. The van der Waals surface area contributed by atoms with Gasteiger partial charge in [-0.1, -0.05) is 13.8 Å². The highest BCUT2D eigenvalue weighted by molar-refractivity contribution is 4.85. The molecule has 0 bridgehead atoms. The molecular weight excluding hydrogens is 196 g/mol. The highest BCUT2D eigenvalue weighted by Crippen LogP contribution is 2.38. The van der Waals surface area contributed by atoms with Gasteiger partial charge in [0.1, 0.15) is 0 Å². The molecule has 2 atom stereocenters. The van der Waals surface area contributed by atoms with Crippen LogP contribution in [0, 0.1) is 5.92 Å². The fourth-order valence-electron chi connectivity index (χ4n) is 2.53. The van der Waals surface area contributed by atoms with Crippen LogP contribution in [-0.4, -0.2) is 18.5 Å². The Kier molecular flexibility index (Phi) is 4.97. The number of alkyl halides is 2. The molecule has 1 rings (SSSR count). The van der Waals surface area contributed by atoms with Gasteiger partial charge in [-0.05, 0) is 38.1 Å². The molecule has 1 aliphatic rings. The van der Waals surface area contributed by atoms with E-state index in [1.807, 2.05) is 0 Å². The molecule has 0 amide bonds. The van der Waals surface area contributed by atoms with Crippen molar-refractivity contribution in [3.05, 3.63) is 0 Å². The topological polar surface area (TPSA) is 12.0 Å². The van der Waals surface area contributed by atoms with Crippen LogP contribution in [-0.2, 0) is 0 Å². The fourth-order valence-corrected chi connectivity index (χ4v) is 2.53. The molecule has 1 N–H and O–H groups in total. The second-order valence-corrected chi connectivity index (χ2v) is 4.68. The highest BCUT2D eigenvalue weighted by atomic mass is 19.3. The first-order chi connectivity index (χ1) is 7.09. The highest BCUT2D eigenvalue weighted by Gasteiger charge is 2.38. The average Bonchev–Trinajstić information content (AvgIpc) is 2.17. The molecule has 0 saturated heterocycles. The summed E-state index contributed by atoms with van der Waals surface area (Å²) in [4.78, 5) is 0. The van der Waals surface area contributed by atoms with Crippen molar-refractivity contribution in [2.24, 2.45) is 5.92 Å². The van der Waals surface area contributed by atoms with Gasteiger partial charge in [0.2, 0.25) is 5.92 Å². The molecule has 0 heterocycles. The minimum absolute atomic E-state index is 0.0855. The molecule has 1 aliphatic carbocycles. The maximum Gasteiger partial charge on any atom is 0.248 e. The molecule has 1 nitrogen and oxygen atoms in total.